The number of anilines is 1. The number of aromatic nitrogens is 3. The maximum absolute atomic E-state index is 11.6. The van der Waals surface area contributed by atoms with E-state index in [1.54, 1.807) is 6.92 Å². The van der Waals surface area contributed by atoms with Gasteiger partial charge >= 0.3 is 0 Å². The Labute approximate surface area is 136 Å². The van der Waals surface area contributed by atoms with Crippen LogP contribution in [0.2, 0.25) is 0 Å². The lowest BCUT2D eigenvalue weighted by molar-refractivity contribution is -0.128. The van der Waals surface area contributed by atoms with Crippen molar-refractivity contribution in [1.29, 1.82) is 0 Å². The largest absolute Gasteiger partial charge is 0.355 e. The van der Waals surface area contributed by atoms with E-state index in [0.29, 0.717) is 0 Å². The summed E-state index contributed by atoms with van der Waals surface area (Å²) >= 11 is 0. The molecule has 2 fully saturated rings. The molecule has 2 saturated heterocycles. The van der Waals surface area contributed by atoms with Crippen LogP contribution in [0.25, 0.3) is 5.65 Å². The summed E-state index contributed by atoms with van der Waals surface area (Å²) in [6, 6.07) is 4.11. The minimum atomic E-state index is 0.199. The highest BCUT2D eigenvalue weighted by Crippen LogP contribution is 2.40. The highest BCUT2D eigenvalue weighted by Gasteiger charge is 2.44. The lowest BCUT2D eigenvalue weighted by atomic mass is 9.86. The average Bonchev–Trinajstić information content (AvgIpc) is 3.25. The molecule has 2 aliphatic heterocycles. The fraction of sp³-hybridized carbons (Fsp3) is 0.588. The van der Waals surface area contributed by atoms with Gasteiger partial charge in [-0.05, 0) is 31.4 Å². The van der Waals surface area contributed by atoms with Crippen molar-refractivity contribution in [3.63, 3.8) is 0 Å². The zero-order chi connectivity index (χ0) is 16.0. The third-order valence-corrected chi connectivity index (χ3v) is 5.36. The highest BCUT2D eigenvalue weighted by molar-refractivity contribution is 5.73. The fourth-order valence-corrected chi connectivity index (χ4v) is 3.93. The fourth-order valence-electron chi connectivity index (χ4n) is 3.93. The van der Waals surface area contributed by atoms with Crippen LogP contribution in [0, 0.1) is 5.41 Å². The number of carbonyl (C=O) groups excluding carboxylic acids is 1. The molecule has 4 rings (SSSR count). The Morgan fingerprint density at radius 2 is 2.09 bits per heavy atom. The molecule has 0 N–H and O–H groups in total. The molecule has 1 amide bonds. The van der Waals surface area contributed by atoms with Crippen LogP contribution in [0.5, 0.6) is 0 Å². The molecule has 2 aromatic heterocycles. The maximum Gasteiger partial charge on any atom is 0.219 e. The number of aryl methyl sites for hydroxylation is 1. The van der Waals surface area contributed by atoms with E-state index in [2.05, 4.69) is 22.9 Å². The molecule has 0 saturated carbocycles. The first kappa shape index (κ1) is 14.5. The van der Waals surface area contributed by atoms with Crippen molar-refractivity contribution < 1.29 is 4.79 Å². The summed E-state index contributed by atoms with van der Waals surface area (Å²) in [4.78, 5) is 20.5. The second-order valence-electron chi connectivity index (χ2n) is 6.94. The van der Waals surface area contributed by atoms with Crippen molar-refractivity contribution in [2.45, 2.75) is 33.1 Å². The number of likely N-dealkylation sites (tertiary alicyclic amines) is 1. The average molecular weight is 313 g/mol. The van der Waals surface area contributed by atoms with Crippen LogP contribution < -0.4 is 4.90 Å². The number of fused-ring (bicyclic) bond motifs is 1. The van der Waals surface area contributed by atoms with Crippen molar-refractivity contribution >= 4 is 17.4 Å². The molecular weight excluding hydrogens is 290 g/mol. The molecule has 0 aliphatic carbocycles. The van der Waals surface area contributed by atoms with Crippen molar-refractivity contribution in [3.05, 3.63) is 24.0 Å². The first-order chi connectivity index (χ1) is 11.1. The Balaban J connectivity index is 1.54. The first-order valence-electron chi connectivity index (χ1n) is 8.44. The maximum atomic E-state index is 11.6. The molecule has 2 aliphatic rings. The highest BCUT2D eigenvalue weighted by atomic mass is 16.2. The van der Waals surface area contributed by atoms with Crippen molar-refractivity contribution in [2.24, 2.45) is 5.41 Å². The number of nitrogens with zero attached hydrogens (tertiary/aromatic N) is 5. The SMILES string of the molecule is CCc1cn2nc(N3CCC4(CCN(C(C)=O)C4)C3)ccc2n1. The standard InChI is InChI=1S/C17H23N5O/c1-3-14-10-22-15(18-14)4-5-16(19-22)21-9-7-17(12-21)6-8-20(11-17)13(2)23/h4-5,10H,3,6-9,11-12H2,1-2H3. The lowest BCUT2D eigenvalue weighted by Gasteiger charge is -2.24. The van der Waals surface area contributed by atoms with Gasteiger partial charge < -0.3 is 9.80 Å². The normalized spacial score (nSPS) is 24.3. The minimum absolute atomic E-state index is 0.199. The molecule has 0 radical (unpaired) electrons. The molecule has 1 unspecified atom stereocenters. The van der Waals surface area contributed by atoms with Crippen molar-refractivity contribution in [3.8, 4) is 0 Å². The van der Waals surface area contributed by atoms with E-state index >= 15 is 0 Å². The number of rotatable bonds is 2. The quantitative estimate of drug-likeness (QED) is 0.847. The summed E-state index contributed by atoms with van der Waals surface area (Å²) in [5, 5.41) is 4.73. The molecule has 0 aromatic carbocycles. The molecule has 23 heavy (non-hydrogen) atoms. The zero-order valence-corrected chi connectivity index (χ0v) is 13.8. The minimum Gasteiger partial charge on any atom is -0.355 e. The summed E-state index contributed by atoms with van der Waals surface area (Å²) in [5.74, 6) is 1.21. The second kappa shape index (κ2) is 5.22. The number of hydrogen-bond acceptors (Lipinski definition) is 4. The van der Waals surface area contributed by atoms with E-state index in [4.69, 9.17) is 5.10 Å². The monoisotopic (exact) mass is 313 g/mol. The van der Waals surface area contributed by atoms with Gasteiger partial charge in [0.2, 0.25) is 5.91 Å². The zero-order valence-electron chi connectivity index (χ0n) is 13.8. The van der Waals surface area contributed by atoms with E-state index in [1.165, 1.54) is 0 Å². The molecule has 4 heterocycles. The van der Waals surface area contributed by atoms with Gasteiger partial charge in [0.05, 0.1) is 11.9 Å². The van der Waals surface area contributed by atoms with Crippen molar-refractivity contribution in [1.82, 2.24) is 19.5 Å². The van der Waals surface area contributed by atoms with Crippen LogP contribution in [-0.4, -0.2) is 51.6 Å². The van der Waals surface area contributed by atoms with Crippen LogP contribution in [0.3, 0.4) is 0 Å². The van der Waals surface area contributed by atoms with E-state index in [1.807, 2.05) is 21.7 Å². The number of hydrogen-bond donors (Lipinski definition) is 0. The Bertz CT molecular complexity index is 755. The van der Waals surface area contributed by atoms with Crippen LogP contribution in [0.1, 0.15) is 32.4 Å². The summed E-state index contributed by atoms with van der Waals surface area (Å²) in [6.07, 6.45) is 5.18. The summed E-state index contributed by atoms with van der Waals surface area (Å²) in [7, 11) is 0. The first-order valence-corrected chi connectivity index (χ1v) is 8.44. The van der Waals surface area contributed by atoms with Crippen LogP contribution in [0.4, 0.5) is 5.82 Å². The predicted molar refractivity (Wildman–Crippen MR) is 88.5 cm³/mol. The van der Waals surface area contributed by atoms with Crippen LogP contribution >= 0.6 is 0 Å². The molecule has 0 bridgehead atoms. The number of imidazole rings is 1. The smallest absolute Gasteiger partial charge is 0.219 e. The summed E-state index contributed by atoms with van der Waals surface area (Å²) in [5.41, 5.74) is 2.23. The number of amides is 1. The van der Waals surface area contributed by atoms with E-state index in [9.17, 15) is 4.79 Å². The van der Waals surface area contributed by atoms with Gasteiger partial charge in [-0.1, -0.05) is 6.92 Å². The third kappa shape index (κ3) is 2.46. The van der Waals surface area contributed by atoms with Crippen LogP contribution in [0.15, 0.2) is 18.3 Å². The molecule has 6 nitrogen and oxygen atoms in total. The van der Waals surface area contributed by atoms with Gasteiger partial charge in [-0.15, -0.1) is 5.10 Å². The van der Waals surface area contributed by atoms with Crippen molar-refractivity contribution in [2.75, 3.05) is 31.1 Å². The topological polar surface area (TPSA) is 53.7 Å². The van der Waals surface area contributed by atoms with E-state index in [0.717, 1.165) is 62.6 Å². The van der Waals surface area contributed by atoms with Gasteiger partial charge in [0.15, 0.2) is 5.65 Å². The molecular formula is C17H23N5O. The molecule has 6 heteroatoms. The van der Waals surface area contributed by atoms with Gasteiger partial charge in [0, 0.05) is 38.5 Å². The lowest BCUT2D eigenvalue weighted by Crippen LogP contribution is -2.33. The van der Waals surface area contributed by atoms with Gasteiger partial charge in [-0.25, -0.2) is 9.50 Å². The van der Waals surface area contributed by atoms with Gasteiger partial charge in [0.25, 0.3) is 0 Å². The Morgan fingerprint density at radius 3 is 2.83 bits per heavy atom. The van der Waals surface area contributed by atoms with Gasteiger partial charge in [0.1, 0.15) is 5.82 Å². The Hall–Kier alpha value is -2.11. The third-order valence-electron chi connectivity index (χ3n) is 5.36. The molecule has 1 spiro atoms. The summed E-state index contributed by atoms with van der Waals surface area (Å²) < 4.78 is 1.88. The molecule has 122 valence electrons. The Kier molecular flexibility index (Phi) is 3.28. The van der Waals surface area contributed by atoms with Gasteiger partial charge in [-0.3, -0.25) is 4.79 Å². The van der Waals surface area contributed by atoms with Crippen LogP contribution in [-0.2, 0) is 11.2 Å². The van der Waals surface area contributed by atoms with E-state index in [-0.39, 0.29) is 11.3 Å². The number of carbonyl (C=O) groups is 1. The van der Waals surface area contributed by atoms with E-state index < -0.39 is 0 Å². The molecule has 2 aromatic rings. The molecule has 1 atom stereocenters. The summed E-state index contributed by atoms with van der Waals surface area (Å²) in [6.45, 7) is 7.58. The van der Waals surface area contributed by atoms with Gasteiger partial charge in [-0.2, -0.15) is 0 Å². The predicted octanol–water partition coefficient (Wildman–Crippen LogP) is 1.74. The Morgan fingerprint density at radius 1 is 1.26 bits per heavy atom. The second-order valence-corrected chi connectivity index (χ2v) is 6.94.